The smallest absolute Gasteiger partial charge is 0.0765 e. The number of rotatable bonds is 5. The minimum atomic E-state index is -0.0272. The van der Waals surface area contributed by atoms with Gasteiger partial charge < -0.3 is 10.5 Å². The first-order valence-corrected chi connectivity index (χ1v) is 6.53. The van der Waals surface area contributed by atoms with Crippen LogP contribution in [0.15, 0.2) is 15.2 Å². The Hall–Kier alpha value is 0.100. The van der Waals surface area contributed by atoms with Crippen molar-refractivity contribution in [3.63, 3.8) is 0 Å². The third-order valence-corrected chi connectivity index (χ3v) is 3.94. The van der Waals surface area contributed by atoms with Gasteiger partial charge in [0, 0.05) is 16.5 Å². The van der Waals surface area contributed by atoms with Crippen molar-refractivity contribution in [2.24, 2.45) is 5.73 Å². The molecule has 80 valence electrons. The lowest BCUT2D eigenvalue weighted by atomic mass is 10.0. The van der Waals surface area contributed by atoms with Gasteiger partial charge in [-0.1, -0.05) is 6.92 Å². The normalized spacial score (nSPS) is 15.4. The van der Waals surface area contributed by atoms with Gasteiger partial charge in [-0.25, -0.2) is 0 Å². The van der Waals surface area contributed by atoms with E-state index in [0.717, 1.165) is 16.5 Å². The summed E-state index contributed by atoms with van der Waals surface area (Å²) in [5, 5.41) is 4.13. The highest BCUT2D eigenvalue weighted by molar-refractivity contribution is 9.10. The van der Waals surface area contributed by atoms with E-state index in [9.17, 15) is 0 Å². The Kier molecular flexibility index (Phi) is 5.09. The monoisotopic (exact) mass is 277 g/mol. The topological polar surface area (TPSA) is 35.2 Å². The Bertz CT molecular complexity index is 277. The number of hydrogen-bond acceptors (Lipinski definition) is 3. The molecular weight excluding hydrogens is 262 g/mol. The van der Waals surface area contributed by atoms with Crippen molar-refractivity contribution in [1.29, 1.82) is 0 Å². The standard InChI is InChI=1S/C10H16BrNOS/c1-3-9(13-4-2)10(12)7-5-14-6-8(7)11/h5-6,9-10H,3-4,12H2,1-2H3. The summed E-state index contributed by atoms with van der Waals surface area (Å²) in [5.41, 5.74) is 7.28. The molecule has 14 heavy (non-hydrogen) atoms. The third-order valence-electron chi connectivity index (χ3n) is 2.19. The lowest BCUT2D eigenvalue weighted by Crippen LogP contribution is -2.28. The zero-order valence-electron chi connectivity index (χ0n) is 8.50. The minimum absolute atomic E-state index is 0.0272. The molecule has 0 aromatic carbocycles. The highest BCUT2D eigenvalue weighted by Gasteiger charge is 2.20. The molecule has 1 aromatic heterocycles. The summed E-state index contributed by atoms with van der Waals surface area (Å²) >= 11 is 5.15. The summed E-state index contributed by atoms with van der Waals surface area (Å²) in [5.74, 6) is 0. The molecule has 0 saturated heterocycles. The average Bonchev–Trinajstić information content (AvgIpc) is 2.59. The zero-order valence-corrected chi connectivity index (χ0v) is 10.9. The molecular formula is C10H16BrNOS. The Labute approximate surface area is 97.6 Å². The van der Waals surface area contributed by atoms with Crippen molar-refractivity contribution in [1.82, 2.24) is 0 Å². The number of halogens is 1. The van der Waals surface area contributed by atoms with Crippen LogP contribution in [0.5, 0.6) is 0 Å². The second-order valence-corrected chi connectivity index (χ2v) is 4.70. The molecule has 0 aliphatic carbocycles. The van der Waals surface area contributed by atoms with Crippen LogP contribution in [0.25, 0.3) is 0 Å². The van der Waals surface area contributed by atoms with Gasteiger partial charge in [0.25, 0.3) is 0 Å². The molecule has 0 aliphatic heterocycles. The molecule has 0 fully saturated rings. The summed E-state index contributed by atoms with van der Waals surface area (Å²) < 4.78 is 6.68. The quantitative estimate of drug-likeness (QED) is 0.896. The van der Waals surface area contributed by atoms with Crippen LogP contribution in [-0.4, -0.2) is 12.7 Å². The van der Waals surface area contributed by atoms with Crippen molar-refractivity contribution in [3.8, 4) is 0 Å². The Balaban J connectivity index is 2.72. The second kappa shape index (κ2) is 5.85. The fourth-order valence-electron chi connectivity index (χ4n) is 1.42. The van der Waals surface area contributed by atoms with Crippen LogP contribution in [0.3, 0.4) is 0 Å². The second-order valence-electron chi connectivity index (χ2n) is 3.10. The van der Waals surface area contributed by atoms with Crippen molar-refractivity contribution in [2.45, 2.75) is 32.4 Å². The number of thiophene rings is 1. The maximum absolute atomic E-state index is 6.13. The van der Waals surface area contributed by atoms with E-state index in [1.54, 1.807) is 11.3 Å². The van der Waals surface area contributed by atoms with E-state index in [1.807, 2.05) is 12.3 Å². The van der Waals surface area contributed by atoms with Crippen LogP contribution < -0.4 is 5.73 Å². The molecule has 0 spiro atoms. The van der Waals surface area contributed by atoms with Gasteiger partial charge >= 0.3 is 0 Å². The Morgan fingerprint density at radius 1 is 1.50 bits per heavy atom. The van der Waals surface area contributed by atoms with E-state index in [1.165, 1.54) is 0 Å². The van der Waals surface area contributed by atoms with Gasteiger partial charge in [-0.05, 0) is 40.2 Å². The van der Waals surface area contributed by atoms with Crippen LogP contribution in [0.1, 0.15) is 31.9 Å². The molecule has 2 unspecified atom stereocenters. The Morgan fingerprint density at radius 3 is 2.64 bits per heavy atom. The highest BCUT2D eigenvalue weighted by Crippen LogP contribution is 2.29. The predicted octanol–water partition coefficient (Wildman–Crippen LogP) is 3.33. The maximum atomic E-state index is 6.13. The first-order valence-electron chi connectivity index (χ1n) is 4.79. The minimum Gasteiger partial charge on any atom is -0.377 e. The van der Waals surface area contributed by atoms with E-state index >= 15 is 0 Å². The zero-order chi connectivity index (χ0) is 10.6. The molecule has 0 saturated carbocycles. The van der Waals surface area contributed by atoms with Crippen molar-refractivity contribution < 1.29 is 4.74 Å². The average molecular weight is 278 g/mol. The van der Waals surface area contributed by atoms with Gasteiger partial charge in [-0.3, -0.25) is 0 Å². The van der Waals surface area contributed by atoms with E-state index in [4.69, 9.17) is 10.5 Å². The molecule has 1 rings (SSSR count). The van der Waals surface area contributed by atoms with Gasteiger partial charge in [0.1, 0.15) is 0 Å². The predicted molar refractivity (Wildman–Crippen MR) is 64.7 cm³/mol. The van der Waals surface area contributed by atoms with Gasteiger partial charge in [0.15, 0.2) is 0 Å². The molecule has 4 heteroatoms. The Morgan fingerprint density at radius 2 is 2.21 bits per heavy atom. The maximum Gasteiger partial charge on any atom is 0.0765 e. The van der Waals surface area contributed by atoms with E-state index in [0.29, 0.717) is 6.61 Å². The fourth-order valence-corrected chi connectivity index (χ4v) is 3.03. The highest BCUT2D eigenvalue weighted by atomic mass is 79.9. The van der Waals surface area contributed by atoms with Gasteiger partial charge in [-0.15, -0.1) is 0 Å². The van der Waals surface area contributed by atoms with Gasteiger partial charge in [-0.2, -0.15) is 11.3 Å². The fraction of sp³-hybridized carbons (Fsp3) is 0.600. The molecule has 2 nitrogen and oxygen atoms in total. The first-order chi connectivity index (χ1) is 6.70. The lowest BCUT2D eigenvalue weighted by Gasteiger charge is -2.22. The summed E-state index contributed by atoms with van der Waals surface area (Å²) in [6.07, 6.45) is 1.06. The van der Waals surface area contributed by atoms with Crippen LogP contribution in [0.2, 0.25) is 0 Å². The third kappa shape index (κ3) is 2.79. The number of nitrogens with two attached hydrogens (primary N) is 1. The van der Waals surface area contributed by atoms with E-state index < -0.39 is 0 Å². The lowest BCUT2D eigenvalue weighted by molar-refractivity contribution is 0.0413. The molecule has 1 heterocycles. The van der Waals surface area contributed by atoms with Gasteiger partial charge in [0.05, 0.1) is 12.1 Å². The molecule has 0 amide bonds. The van der Waals surface area contributed by atoms with Crippen LogP contribution >= 0.6 is 27.3 Å². The van der Waals surface area contributed by atoms with E-state index in [-0.39, 0.29) is 12.1 Å². The number of ether oxygens (including phenoxy) is 1. The van der Waals surface area contributed by atoms with Crippen LogP contribution in [-0.2, 0) is 4.74 Å². The molecule has 2 atom stereocenters. The molecule has 2 N–H and O–H groups in total. The van der Waals surface area contributed by atoms with Crippen molar-refractivity contribution >= 4 is 27.3 Å². The summed E-state index contributed by atoms with van der Waals surface area (Å²) in [6.45, 7) is 4.81. The largest absolute Gasteiger partial charge is 0.377 e. The summed E-state index contributed by atoms with van der Waals surface area (Å²) in [7, 11) is 0. The van der Waals surface area contributed by atoms with Crippen LogP contribution in [0, 0.1) is 0 Å². The first kappa shape index (κ1) is 12.2. The SMILES string of the molecule is CCOC(CC)C(N)c1cscc1Br. The van der Waals surface area contributed by atoms with Gasteiger partial charge in [0.2, 0.25) is 0 Å². The molecule has 0 aliphatic rings. The van der Waals surface area contributed by atoms with Crippen molar-refractivity contribution in [2.75, 3.05) is 6.61 Å². The van der Waals surface area contributed by atoms with Crippen molar-refractivity contribution in [3.05, 3.63) is 20.8 Å². The van der Waals surface area contributed by atoms with Crippen LogP contribution in [0.4, 0.5) is 0 Å². The molecule has 0 radical (unpaired) electrons. The van der Waals surface area contributed by atoms with E-state index in [2.05, 4.69) is 28.2 Å². The molecule has 0 bridgehead atoms. The number of hydrogen-bond donors (Lipinski definition) is 1. The summed E-state index contributed by atoms with van der Waals surface area (Å²) in [4.78, 5) is 0. The summed E-state index contributed by atoms with van der Waals surface area (Å²) in [6, 6.07) is -0.0272. The molecule has 1 aromatic rings.